The molecule has 1 heterocycles. The molecule has 0 aliphatic heterocycles. The average molecular weight is 263 g/mol. The molecule has 1 aromatic heterocycles. The van der Waals surface area contributed by atoms with Crippen molar-refractivity contribution in [3.63, 3.8) is 0 Å². The number of carbonyl (C=O) groups is 1. The molecule has 1 amide bonds. The van der Waals surface area contributed by atoms with Crippen LogP contribution in [0.4, 0.5) is 0 Å². The molecule has 0 atom stereocenters. The fourth-order valence-corrected chi connectivity index (χ4v) is 1.48. The van der Waals surface area contributed by atoms with Gasteiger partial charge >= 0.3 is 0 Å². The first-order valence-corrected chi connectivity index (χ1v) is 6.35. The van der Waals surface area contributed by atoms with Crippen LogP contribution < -0.4 is 15.4 Å². The van der Waals surface area contributed by atoms with Gasteiger partial charge in [-0.1, -0.05) is 13.0 Å². The van der Waals surface area contributed by atoms with E-state index >= 15 is 0 Å². The number of hydrogen-bond donors (Lipinski definition) is 2. The number of amides is 1. The number of hydrogen-bond acceptors (Lipinski definition) is 4. The van der Waals surface area contributed by atoms with Gasteiger partial charge < -0.3 is 15.4 Å². The molecule has 2 N–H and O–H groups in total. The van der Waals surface area contributed by atoms with Gasteiger partial charge in [-0.25, -0.2) is 0 Å². The van der Waals surface area contributed by atoms with Crippen molar-refractivity contribution in [2.24, 2.45) is 0 Å². The zero-order valence-electron chi connectivity index (χ0n) is 11.5. The van der Waals surface area contributed by atoms with E-state index in [4.69, 9.17) is 4.74 Å². The van der Waals surface area contributed by atoms with Crippen molar-refractivity contribution >= 4 is 5.91 Å². The predicted molar refractivity (Wildman–Crippen MR) is 75.1 cm³/mol. The third-order valence-electron chi connectivity index (χ3n) is 2.42. The summed E-state index contributed by atoms with van der Waals surface area (Å²) in [7, 11) is 0. The van der Waals surface area contributed by atoms with Crippen LogP contribution in [-0.4, -0.2) is 30.6 Å². The molecule has 19 heavy (non-hydrogen) atoms. The minimum atomic E-state index is -0.171. The highest BCUT2D eigenvalue weighted by Crippen LogP contribution is 2.16. The van der Waals surface area contributed by atoms with Crippen LogP contribution in [0, 0.1) is 6.92 Å². The van der Waals surface area contributed by atoms with Crippen molar-refractivity contribution in [3.05, 3.63) is 36.2 Å². The smallest absolute Gasteiger partial charge is 0.258 e. The Morgan fingerprint density at radius 1 is 1.53 bits per heavy atom. The maximum absolute atomic E-state index is 11.4. The summed E-state index contributed by atoms with van der Waals surface area (Å²) in [6.45, 7) is 9.40. The first kappa shape index (κ1) is 15.2. The Morgan fingerprint density at radius 3 is 3.00 bits per heavy atom. The Hall–Kier alpha value is -1.88. The van der Waals surface area contributed by atoms with Crippen LogP contribution in [0.1, 0.15) is 18.3 Å². The van der Waals surface area contributed by atoms with Crippen LogP contribution in [0.15, 0.2) is 24.8 Å². The van der Waals surface area contributed by atoms with E-state index in [-0.39, 0.29) is 12.5 Å². The molecule has 1 aromatic rings. The average Bonchev–Trinajstić information content (AvgIpc) is 2.41. The van der Waals surface area contributed by atoms with Crippen molar-refractivity contribution in [2.45, 2.75) is 20.4 Å². The summed E-state index contributed by atoms with van der Waals surface area (Å²) in [4.78, 5) is 15.9. The number of rotatable bonds is 8. The lowest BCUT2D eigenvalue weighted by atomic mass is 10.3. The van der Waals surface area contributed by atoms with E-state index < -0.39 is 0 Å². The molecule has 0 radical (unpaired) electrons. The number of carbonyl (C=O) groups excluding carboxylic acids is 1. The summed E-state index contributed by atoms with van der Waals surface area (Å²) in [5, 5.41) is 5.86. The number of aryl methyl sites for hydroxylation is 1. The highest BCUT2D eigenvalue weighted by molar-refractivity contribution is 5.77. The van der Waals surface area contributed by atoms with Gasteiger partial charge in [-0.15, -0.1) is 6.58 Å². The Bertz CT molecular complexity index is 433. The molecule has 5 nitrogen and oxygen atoms in total. The molecule has 5 heteroatoms. The summed E-state index contributed by atoms with van der Waals surface area (Å²) in [6.07, 6.45) is 1.63. The van der Waals surface area contributed by atoms with E-state index in [2.05, 4.69) is 22.2 Å². The lowest BCUT2D eigenvalue weighted by Crippen LogP contribution is -2.29. The molecule has 0 unspecified atom stereocenters. The second-order valence-corrected chi connectivity index (χ2v) is 4.06. The standard InChI is InChI=1S/C14H21N3O2/c1-4-8-16-14(18)10-19-13-7-6-11(3)17-12(13)9-15-5-2/h4,6-7,15H,1,5,8-10H2,2-3H3,(H,16,18). The number of aromatic nitrogens is 1. The van der Waals surface area contributed by atoms with E-state index in [1.807, 2.05) is 26.0 Å². The Kier molecular flexibility index (Phi) is 6.60. The quantitative estimate of drug-likeness (QED) is 0.691. The SMILES string of the molecule is C=CCNC(=O)COc1ccc(C)nc1CNCC. The monoisotopic (exact) mass is 263 g/mol. The van der Waals surface area contributed by atoms with E-state index in [1.165, 1.54) is 0 Å². The first-order chi connectivity index (χ1) is 9.17. The second kappa shape index (κ2) is 8.26. The Morgan fingerprint density at radius 2 is 2.32 bits per heavy atom. The van der Waals surface area contributed by atoms with E-state index in [0.29, 0.717) is 18.8 Å². The molecule has 0 aliphatic carbocycles. The van der Waals surface area contributed by atoms with Crippen LogP contribution in [0.2, 0.25) is 0 Å². The van der Waals surface area contributed by atoms with Crippen LogP contribution >= 0.6 is 0 Å². The Labute approximate surface area is 114 Å². The molecule has 0 bridgehead atoms. The molecule has 0 spiro atoms. The fourth-order valence-electron chi connectivity index (χ4n) is 1.48. The van der Waals surface area contributed by atoms with Gasteiger partial charge in [0.1, 0.15) is 5.75 Å². The van der Waals surface area contributed by atoms with Crippen LogP contribution in [-0.2, 0) is 11.3 Å². The molecule has 0 fully saturated rings. The molecular formula is C14H21N3O2. The van der Waals surface area contributed by atoms with Gasteiger partial charge in [0.2, 0.25) is 0 Å². The molecule has 0 saturated heterocycles. The van der Waals surface area contributed by atoms with Crippen molar-refractivity contribution in [3.8, 4) is 5.75 Å². The number of nitrogens with zero attached hydrogens (tertiary/aromatic N) is 1. The topological polar surface area (TPSA) is 63.2 Å². The van der Waals surface area contributed by atoms with Gasteiger partial charge in [-0.2, -0.15) is 0 Å². The van der Waals surface area contributed by atoms with Gasteiger partial charge in [-0.3, -0.25) is 9.78 Å². The predicted octanol–water partition coefficient (Wildman–Crippen LogP) is 1.18. The number of pyridine rings is 1. The lowest BCUT2D eigenvalue weighted by Gasteiger charge is -2.11. The van der Waals surface area contributed by atoms with E-state index in [0.717, 1.165) is 17.9 Å². The van der Waals surface area contributed by atoms with Crippen LogP contribution in [0.5, 0.6) is 5.75 Å². The normalized spacial score (nSPS) is 10.0. The lowest BCUT2D eigenvalue weighted by molar-refractivity contribution is -0.122. The van der Waals surface area contributed by atoms with Crippen molar-refractivity contribution in [2.75, 3.05) is 19.7 Å². The third-order valence-corrected chi connectivity index (χ3v) is 2.42. The second-order valence-electron chi connectivity index (χ2n) is 4.06. The minimum Gasteiger partial charge on any atom is -0.482 e. The van der Waals surface area contributed by atoms with Gasteiger partial charge in [0.15, 0.2) is 6.61 Å². The number of nitrogens with one attached hydrogen (secondary N) is 2. The molecule has 0 aromatic carbocycles. The van der Waals surface area contributed by atoms with Crippen LogP contribution in [0.3, 0.4) is 0 Å². The molecule has 104 valence electrons. The summed E-state index contributed by atoms with van der Waals surface area (Å²) in [6, 6.07) is 3.71. The van der Waals surface area contributed by atoms with Crippen LogP contribution in [0.25, 0.3) is 0 Å². The highest BCUT2D eigenvalue weighted by atomic mass is 16.5. The van der Waals surface area contributed by atoms with Crippen molar-refractivity contribution < 1.29 is 9.53 Å². The summed E-state index contributed by atoms with van der Waals surface area (Å²) < 4.78 is 5.50. The van der Waals surface area contributed by atoms with E-state index in [1.54, 1.807) is 6.08 Å². The van der Waals surface area contributed by atoms with Crippen molar-refractivity contribution in [1.82, 2.24) is 15.6 Å². The Balaban J connectivity index is 2.60. The zero-order chi connectivity index (χ0) is 14.1. The van der Waals surface area contributed by atoms with Gasteiger partial charge in [0, 0.05) is 18.8 Å². The molecule has 1 rings (SSSR count). The molecule has 0 saturated carbocycles. The molecular weight excluding hydrogens is 242 g/mol. The number of ether oxygens (including phenoxy) is 1. The maximum atomic E-state index is 11.4. The highest BCUT2D eigenvalue weighted by Gasteiger charge is 2.08. The summed E-state index contributed by atoms with van der Waals surface area (Å²) >= 11 is 0. The summed E-state index contributed by atoms with van der Waals surface area (Å²) in [5.74, 6) is 0.468. The zero-order valence-corrected chi connectivity index (χ0v) is 11.5. The van der Waals surface area contributed by atoms with Gasteiger partial charge in [0.05, 0.1) is 5.69 Å². The summed E-state index contributed by atoms with van der Waals surface area (Å²) in [5.41, 5.74) is 1.75. The fraction of sp³-hybridized carbons (Fsp3) is 0.429. The first-order valence-electron chi connectivity index (χ1n) is 6.35. The third kappa shape index (κ3) is 5.52. The largest absolute Gasteiger partial charge is 0.482 e. The van der Waals surface area contributed by atoms with Crippen molar-refractivity contribution in [1.29, 1.82) is 0 Å². The maximum Gasteiger partial charge on any atom is 0.258 e. The van der Waals surface area contributed by atoms with E-state index in [9.17, 15) is 4.79 Å². The minimum absolute atomic E-state index is 0.0162. The molecule has 0 aliphatic rings. The van der Waals surface area contributed by atoms with Gasteiger partial charge in [-0.05, 0) is 25.6 Å². The van der Waals surface area contributed by atoms with Gasteiger partial charge in [0.25, 0.3) is 5.91 Å².